The summed E-state index contributed by atoms with van der Waals surface area (Å²) < 4.78 is 10.4. The maximum atomic E-state index is 11.5. The van der Waals surface area contributed by atoms with Crippen molar-refractivity contribution in [2.75, 3.05) is 19.8 Å². The average molecular weight is 244 g/mol. The van der Waals surface area contributed by atoms with Crippen molar-refractivity contribution >= 4 is 6.09 Å². The Kier molecular flexibility index (Phi) is 4.38. The number of ether oxygens (including phenoxy) is 2. The van der Waals surface area contributed by atoms with E-state index in [4.69, 9.17) is 15.2 Å². The molecule has 0 aromatic carbocycles. The van der Waals surface area contributed by atoms with Crippen LogP contribution in [0, 0.1) is 5.41 Å². The summed E-state index contributed by atoms with van der Waals surface area (Å²) in [5.74, 6) is 0. The highest BCUT2D eigenvalue weighted by molar-refractivity contribution is 5.67. The third-order valence-corrected chi connectivity index (χ3v) is 3.13. The number of alkyl carbamates (subject to hydrolysis) is 1. The molecule has 0 radical (unpaired) electrons. The fourth-order valence-corrected chi connectivity index (χ4v) is 1.77. The lowest BCUT2D eigenvalue weighted by Crippen LogP contribution is -2.58. The number of hydrogen-bond donors (Lipinski definition) is 2. The molecule has 0 aromatic heterocycles. The first-order valence-electron chi connectivity index (χ1n) is 6.09. The Balaban J connectivity index is 2.33. The van der Waals surface area contributed by atoms with E-state index in [1.165, 1.54) is 0 Å². The number of hydrogen-bond acceptors (Lipinski definition) is 4. The van der Waals surface area contributed by atoms with Crippen LogP contribution in [-0.4, -0.2) is 37.5 Å². The molecule has 0 bridgehead atoms. The van der Waals surface area contributed by atoms with Crippen LogP contribution in [0.15, 0.2) is 0 Å². The van der Waals surface area contributed by atoms with Crippen molar-refractivity contribution < 1.29 is 14.3 Å². The van der Waals surface area contributed by atoms with Crippen molar-refractivity contribution in [2.24, 2.45) is 11.1 Å². The highest BCUT2D eigenvalue weighted by Gasteiger charge is 2.42. The van der Waals surface area contributed by atoms with Gasteiger partial charge in [0.15, 0.2) is 0 Å². The number of rotatable bonds is 4. The number of nitrogens with one attached hydrogen (secondary N) is 1. The molecule has 1 aliphatic rings. The second-order valence-corrected chi connectivity index (χ2v) is 5.70. The standard InChI is InChI=1S/C12H24N2O3/c1-5-12(7-16-8-12)9(13)6-14-10(15)17-11(2,3)4/h9H,5-8,13H2,1-4H3,(H,14,15). The summed E-state index contributed by atoms with van der Waals surface area (Å²) >= 11 is 0. The highest BCUT2D eigenvalue weighted by Crippen LogP contribution is 2.33. The van der Waals surface area contributed by atoms with E-state index in [1.807, 2.05) is 20.8 Å². The minimum atomic E-state index is -0.476. The smallest absolute Gasteiger partial charge is 0.407 e. The molecule has 0 spiro atoms. The van der Waals surface area contributed by atoms with Gasteiger partial charge >= 0.3 is 6.09 Å². The molecule has 1 atom stereocenters. The molecule has 0 saturated carbocycles. The lowest BCUT2D eigenvalue weighted by atomic mass is 9.76. The van der Waals surface area contributed by atoms with Gasteiger partial charge in [0.05, 0.1) is 13.2 Å². The summed E-state index contributed by atoms with van der Waals surface area (Å²) in [4.78, 5) is 11.5. The largest absolute Gasteiger partial charge is 0.444 e. The van der Waals surface area contributed by atoms with Gasteiger partial charge in [-0.25, -0.2) is 4.79 Å². The van der Waals surface area contributed by atoms with Gasteiger partial charge in [0.1, 0.15) is 5.60 Å². The first-order chi connectivity index (χ1) is 7.79. The van der Waals surface area contributed by atoms with Crippen LogP contribution in [0.4, 0.5) is 4.79 Å². The van der Waals surface area contributed by atoms with Crippen LogP contribution in [-0.2, 0) is 9.47 Å². The summed E-state index contributed by atoms with van der Waals surface area (Å²) in [6.45, 7) is 9.38. The zero-order valence-electron chi connectivity index (χ0n) is 11.2. The molecule has 1 saturated heterocycles. The quantitative estimate of drug-likeness (QED) is 0.781. The number of carbonyl (C=O) groups excluding carboxylic acids is 1. The van der Waals surface area contributed by atoms with E-state index in [2.05, 4.69) is 12.2 Å². The first-order valence-corrected chi connectivity index (χ1v) is 6.09. The predicted octanol–water partition coefficient (Wildman–Crippen LogP) is 1.26. The van der Waals surface area contributed by atoms with Crippen molar-refractivity contribution in [3.63, 3.8) is 0 Å². The summed E-state index contributed by atoms with van der Waals surface area (Å²) in [6.07, 6.45) is 0.545. The zero-order valence-corrected chi connectivity index (χ0v) is 11.2. The highest BCUT2D eigenvalue weighted by atomic mass is 16.6. The molecule has 1 aliphatic heterocycles. The summed E-state index contributed by atoms with van der Waals surface area (Å²) in [7, 11) is 0. The summed E-state index contributed by atoms with van der Waals surface area (Å²) in [5, 5.41) is 2.71. The van der Waals surface area contributed by atoms with E-state index in [1.54, 1.807) is 0 Å². The van der Waals surface area contributed by atoms with Crippen molar-refractivity contribution in [1.29, 1.82) is 0 Å². The van der Waals surface area contributed by atoms with E-state index in [-0.39, 0.29) is 11.5 Å². The Morgan fingerprint density at radius 3 is 2.47 bits per heavy atom. The van der Waals surface area contributed by atoms with Crippen LogP contribution in [0.2, 0.25) is 0 Å². The van der Waals surface area contributed by atoms with Gasteiger partial charge in [0.2, 0.25) is 0 Å². The maximum Gasteiger partial charge on any atom is 0.407 e. The van der Waals surface area contributed by atoms with E-state index in [9.17, 15) is 4.79 Å². The Morgan fingerprint density at radius 2 is 2.12 bits per heavy atom. The molecule has 17 heavy (non-hydrogen) atoms. The fourth-order valence-electron chi connectivity index (χ4n) is 1.77. The number of carbonyl (C=O) groups is 1. The van der Waals surface area contributed by atoms with Crippen molar-refractivity contribution in [1.82, 2.24) is 5.32 Å². The van der Waals surface area contributed by atoms with Crippen LogP contribution in [0.1, 0.15) is 34.1 Å². The summed E-state index contributed by atoms with van der Waals surface area (Å²) in [5.41, 5.74) is 5.63. The molecule has 1 rings (SSSR count). The lowest BCUT2D eigenvalue weighted by Gasteiger charge is -2.45. The van der Waals surface area contributed by atoms with Crippen LogP contribution in [0.5, 0.6) is 0 Å². The van der Waals surface area contributed by atoms with Gasteiger partial charge in [-0.05, 0) is 27.2 Å². The number of nitrogens with two attached hydrogens (primary N) is 1. The molecule has 5 heteroatoms. The monoisotopic (exact) mass is 244 g/mol. The van der Waals surface area contributed by atoms with Gasteiger partial charge in [-0.1, -0.05) is 6.92 Å². The molecule has 5 nitrogen and oxygen atoms in total. The lowest BCUT2D eigenvalue weighted by molar-refractivity contribution is -0.127. The Hall–Kier alpha value is -0.810. The van der Waals surface area contributed by atoms with Gasteiger partial charge < -0.3 is 20.5 Å². The average Bonchev–Trinajstić information content (AvgIpc) is 2.11. The molecule has 1 fully saturated rings. The normalized spacial score (nSPS) is 20.3. The molecule has 1 heterocycles. The van der Waals surface area contributed by atoms with Crippen LogP contribution < -0.4 is 11.1 Å². The SMILES string of the molecule is CCC1(C(N)CNC(=O)OC(C)(C)C)COC1. The Labute approximate surface area is 103 Å². The van der Waals surface area contributed by atoms with Gasteiger partial charge in [0.25, 0.3) is 0 Å². The van der Waals surface area contributed by atoms with Gasteiger partial charge in [-0.15, -0.1) is 0 Å². The molecule has 1 amide bonds. The Morgan fingerprint density at radius 1 is 1.53 bits per heavy atom. The van der Waals surface area contributed by atoms with Gasteiger partial charge in [-0.2, -0.15) is 0 Å². The van der Waals surface area contributed by atoms with E-state index in [0.717, 1.165) is 6.42 Å². The minimum Gasteiger partial charge on any atom is -0.444 e. The maximum absolute atomic E-state index is 11.5. The van der Waals surface area contributed by atoms with Crippen LogP contribution in [0.25, 0.3) is 0 Å². The van der Waals surface area contributed by atoms with Crippen molar-refractivity contribution in [2.45, 2.75) is 45.8 Å². The second kappa shape index (κ2) is 5.23. The summed E-state index contributed by atoms with van der Waals surface area (Å²) in [6, 6.07) is -0.0891. The molecular formula is C12H24N2O3. The zero-order chi connectivity index (χ0) is 13.1. The van der Waals surface area contributed by atoms with Crippen molar-refractivity contribution in [3.05, 3.63) is 0 Å². The van der Waals surface area contributed by atoms with Crippen LogP contribution >= 0.6 is 0 Å². The molecule has 1 unspecified atom stereocenters. The third kappa shape index (κ3) is 3.85. The third-order valence-electron chi connectivity index (χ3n) is 3.13. The molecular weight excluding hydrogens is 220 g/mol. The fraction of sp³-hybridized carbons (Fsp3) is 0.917. The van der Waals surface area contributed by atoms with E-state index >= 15 is 0 Å². The molecule has 0 aliphatic carbocycles. The van der Waals surface area contributed by atoms with E-state index in [0.29, 0.717) is 19.8 Å². The second-order valence-electron chi connectivity index (χ2n) is 5.70. The molecule has 100 valence electrons. The van der Waals surface area contributed by atoms with E-state index < -0.39 is 11.7 Å². The molecule has 3 N–H and O–H groups in total. The number of amides is 1. The van der Waals surface area contributed by atoms with Gasteiger partial charge in [-0.3, -0.25) is 0 Å². The topological polar surface area (TPSA) is 73.6 Å². The molecule has 0 aromatic rings. The predicted molar refractivity (Wildman–Crippen MR) is 65.8 cm³/mol. The first kappa shape index (κ1) is 14.3. The Bertz CT molecular complexity index is 264. The minimum absolute atomic E-state index is 0.0228. The van der Waals surface area contributed by atoms with Crippen molar-refractivity contribution in [3.8, 4) is 0 Å². The van der Waals surface area contributed by atoms with Crippen LogP contribution in [0.3, 0.4) is 0 Å². The van der Waals surface area contributed by atoms with Gasteiger partial charge in [0, 0.05) is 18.0 Å².